The van der Waals surface area contributed by atoms with Crippen LogP contribution in [0.2, 0.25) is 0 Å². The van der Waals surface area contributed by atoms with Crippen LogP contribution in [-0.2, 0) is 11.3 Å². The van der Waals surface area contributed by atoms with Crippen LogP contribution in [0.5, 0.6) is 5.75 Å². The van der Waals surface area contributed by atoms with Gasteiger partial charge in [0.15, 0.2) is 0 Å². The minimum Gasteiger partial charge on any atom is -0.490 e. The highest BCUT2D eigenvalue weighted by Crippen LogP contribution is 2.25. The average Bonchev–Trinajstić information content (AvgIpc) is 2.61. The molecular formula is C22H32N2O2. The maximum atomic E-state index is 11.5. The molecule has 0 bridgehead atoms. The first-order valence-corrected chi connectivity index (χ1v) is 9.59. The Bertz CT molecular complexity index is 654. The topological polar surface area (TPSA) is 41.6 Å². The van der Waals surface area contributed by atoms with Crippen molar-refractivity contribution in [3.63, 3.8) is 0 Å². The Balaban J connectivity index is 2.13. The van der Waals surface area contributed by atoms with Gasteiger partial charge in [0.25, 0.3) is 0 Å². The number of hydrogen-bond donors (Lipinski definition) is 1. The number of carbonyl (C=O) groups is 1. The average molecular weight is 357 g/mol. The van der Waals surface area contributed by atoms with Gasteiger partial charge in [-0.3, -0.25) is 9.69 Å². The van der Waals surface area contributed by atoms with Gasteiger partial charge in [0, 0.05) is 24.7 Å². The Hall–Kier alpha value is -2.07. The molecule has 1 amide bonds. The highest BCUT2D eigenvalue weighted by molar-refractivity contribution is 5.79. The predicted octanol–water partition coefficient (Wildman–Crippen LogP) is 4.51. The molecule has 0 aromatic heterocycles. The highest BCUT2D eigenvalue weighted by Gasteiger charge is 2.25. The maximum Gasteiger partial charge on any atom is 0.224 e. The maximum absolute atomic E-state index is 11.5. The lowest BCUT2D eigenvalue weighted by Gasteiger charge is -2.33. The van der Waals surface area contributed by atoms with Crippen LogP contribution in [0, 0.1) is 0 Å². The summed E-state index contributed by atoms with van der Waals surface area (Å²) < 4.78 is 6.18. The first-order chi connectivity index (χ1) is 12.5. The molecular weight excluding hydrogens is 324 g/mol. The predicted molar refractivity (Wildman–Crippen MR) is 108 cm³/mol. The molecule has 1 heterocycles. The van der Waals surface area contributed by atoms with E-state index >= 15 is 0 Å². The van der Waals surface area contributed by atoms with E-state index < -0.39 is 0 Å². The smallest absolute Gasteiger partial charge is 0.224 e. The highest BCUT2D eigenvalue weighted by atomic mass is 16.5. The summed E-state index contributed by atoms with van der Waals surface area (Å²) in [5.41, 5.74) is 3.07. The summed E-state index contributed by atoms with van der Waals surface area (Å²) in [4.78, 5) is 13.7. The van der Waals surface area contributed by atoms with Gasteiger partial charge in [0.2, 0.25) is 5.91 Å². The van der Waals surface area contributed by atoms with E-state index in [2.05, 4.69) is 56.4 Å². The number of piperidine rings is 1. The summed E-state index contributed by atoms with van der Waals surface area (Å²) in [6.07, 6.45) is 6.68. The SMILES string of the molecule is C=Cc1ccc(OC(CC)CCC)cc1CN(C)C1CCC(=O)NC1=C. The molecule has 1 aliphatic heterocycles. The summed E-state index contributed by atoms with van der Waals surface area (Å²) in [5.74, 6) is 0.971. The molecule has 142 valence electrons. The van der Waals surface area contributed by atoms with E-state index in [1.54, 1.807) is 0 Å². The number of nitrogens with zero attached hydrogens (tertiary/aromatic N) is 1. The van der Waals surface area contributed by atoms with Crippen LogP contribution in [0.3, 0.4) is 0 Å². The Labute approximate surface area is 157 Å². The van der Waals surface area contributed by atoms with Crippen LogP contribution in [0.25, 0.3) is 6.08 Å². The van der Waals surface area contributed by atoms with Crippen molar-refractivity contribution in [3.8, 4) is 5.75 Å². The molecule has 0 saturated carbocycles. The zero-order valence-electron chi connectivity index (χ0n) is 16.4. The lowest BCUT2D eigenvalue weighted by molar-refractivity contribution is -0.121. The Morgan fingerprint density at radius 1 is 1.42 bits per heavy atom. The number of ether oxygens (including phenoxy) is 1. The third-order valence-electron chi connectivity index (χ3n) is 5.00. The number of amides is 1. The molecule has 2 unspecified atom stereocenters. The fourth-order valence-corrected chi connectivity index (χ4v) is 3.48. The van der Waals surface area contributed by atoms with Gasteiger partial charge < -0.3 is 10.1 Å². The number of nitrogens with one attached hydrogen (secondary N) is 1. The fraction of sp³-hybridized carbons (Fsp3) is 0.500. The number of carbonyl (C=O) groups excluding carboxylic acids is 1. The van der Waals surface area contributed by atoms with Gasteiger partial charge in [0.05, 0.1) is 6.10 Å². The number of likely N-dealkylation sites (N-methyl/N-ethyl adjacent to an activating group) is 1. The van der Waals surface area contributed by atoms with Crippen molar-refractivity contribution >= 4 is 12.0 Å². The molecule has 1 aromatic carbocycles. The summed E-state index contributed by atoms with van der Waals surface area (Å²) in [6.45, 7) is 13.1. The second-order valence-corrected chi connectivity index (χ2v) is 7.04. The largest absolute Gasteiger partial charge is 0.490 e. The van der Waals surface area contributed by atoms with Crippen LogP contribution >= 0.6 is 0 Å². The monoisotopic (exact) mass is 356 g/mol. The van der Waals surface area contributed by atoms with Crippen molar-refractivity contribution in [2.75, 3.05) is 7.05 Å². The third-order valence-corrected chi connectivity index (χ3v) is 5.00. The van der Waals surface area contributed by atoms with Gasteiger partial charge in [-0.15, -0.1) is 0 Å². The summed E-state index contributed by atoms with van der Waals surface area (Å²) in [7, 11) is 2.07. The first-order valence-electron chi connectivity index (χ1n) is 9.59. The van der Waals surface area contributed by atoms with Crippen molar-refractivity contribution in [1.82, 2.24) is 10.2 Å². The van der Waals surface area contributed by atoms with Crippen molar-refractivity contribution in [1.29, 1.82) is 0 Å². The molecule has 26 heavy (non-hydrogen) atoms. The lowest BCUT2D eigenvalue weighted by Crippen LogP contribution is -2.43. The van der Waals surface area contributed by atoms with Crippen LogP contribution in [0.1, 0.15) is 57.1 Å². The van der Waals surface area contributed by atoms with Gasteiger partial charge in [-0.1, -0.05) is 45.6 Å². The van der Waals surface area contributed by atoms with E-state index in [1.165, 1.54) is 5.56 Å². The molecule has 0 radical (unpaired) electrons. The van der Waals surface area contributed by atoms with Gasteiger partial charge in [-0.05, 0) is 49.6 Å². The van der Waals surface area contributed by atoms with Crippen molar-refractivity contribution in [3.05, 3.63) is 48.2 Å². The van der Waals surface area contributed by atoms with Crippen molar-refractivity contribution in [2.24, 2.45) is 0 Å². The van der Waals surface area contributed by atoms with Gasteiger partial charge in [0.1, 0.15) is 5.75 Å². The number of benzene rings is 1. The molecule has 1 aromatic rings. The number of hydrogen-bond acceptors (Lipinski definition) is 3. The van der Waals surface area contributed by atoms with Crippen LogP contribution in [0.15, 0.2) is 37.1 Å². The molecule has 1 aliphatic rings. The van der Waals surface area contributed by atoms with E-state index in [1.807, 2.05) is 12.1 Å². The van der Waals surface area contributed by atoms with Gasteiger partial charge in [-0.2, -0.15) is 0 Å². The minimum atomic E-state index is 0.0587. The van der Waals surface area contributed by atoms with E-state index in [9.17, 15) is 4.79 Å². The molecule has 0 aliphatic carbocycles. The first kappa shape index (κ1) is 20.2. The summed E-state index contributed by atoms with van der Waals surface area (Å²) in [6, 6.07) is 6.37. The molecule has 1 N–H and O–H groups in total. The molecule has 1 fully saturated rings. The lowest BCUT2D eigenvalue weighted by atomic mass is 10.0. The van der Waals surface area contributed by atoms with Crippen LogP contribution < -0.4 is 10.1 Å². The number of rotatable bonds is 9. The summed E-state index contributed by atoms with van der Waals surface area (Å²) >= 11 is 0. The molecule has 4 heteroatoms. The second-order valence-electron chi connectivity index (χ2n) is 7.04. The standard InChI is InChI=1S/C22H32N2O2/c1-6-9-19(8-3)26-20-11-10-17(7-2)18(14-20)15-24(5)21-12-13-22(25)23-16(21)4/h7,10-11,14,19,21H,2,4,6,8-9,12-13,15H2,1,3,5H3,(H,23,25). The zero-order valence-corrected chi connectivity index (χ0v) is 16.4. The van der Waals surface area contributed by atoms with E-state index in [0.29, 0.717) is 6.42 Å². The third kappa shape index (κ3) is 5.21. The van der Waals surface area contributed by atoms with Gasteiger partial charge >= 0.3 is 0 Å². The van der Waals surface area contributed by atoms with Crippen LogP contribution in [0.4, 0.5) is 0 Å². The minimum absolute atomic E-state index is 0.0587. The molecule has 2 rings (SSSR count). The van der Waals surface area contributed by atoms with Gasteiger partial charge in [-0.25, -0.2) is 0 Å². The molecule has 4 nitrogen and oxygen atoms in total. The molecule has 0 spiro atoms. The summed E-state index contributed by atoms with van der Waals surface area (Å²) in [5, 5.41) is 2.86. The Kier molecular flexibility index (Phi) is 7.46. The van der Waals surface area contributed by atoms with Crippen molar-refractivity contribution < 1.29 is 9.53 Å². The zero-order chi connectivity index (χ0) is 19.1. The van der Waals surface area contributed by atoms with Crippen molar-refractivity contribution in [2.45, 2.75) is 64.6 Å². The van der Waals surface area contributed by atoms with E-state index in [-0.39, 0.29) is 18.1 Å². The van der Waals surface area contributed by atoms with Crippen LogP contribution in [-0.4, -0.2) is 30.0 Å². The fourth-order valence-electron chi connectivity index (χ4n) is 3.48. The Morgan fingerprint density at radius 3 is 2.81 bits per heavy atom. The van der Waals surface area contributed by atoms with E-state index in [4.69, 9.17) is 4.74 Å². The molecule has 2 atom stereocenters. The van der Waals surface area contributed by atoms with E-state index in [0.717, 1.165) is 49.2 Å². The Morgan fingerprint density at radius 2 is 2.19 bits per heavy atom. The second kappa shape index (κ2) is 9.58. The normalized spacial score (nSPS) is 18.5. The quantitative estimate of drug-likeness (QED) is 0.708. The molecule has 1 saturated heterocycles.